The zero-order valence-corrected chi connectivity index (χ0v) is 18.7. The van der Waals surface area contributed by atoms with Crippen molar-refractivity contribution in [2.45, 2.75) is 50.9 Å². The number of aromatic nitrogens is 2. The summed E-state index contributed by atoms with van der Waals surface area (Å²) in [6.07, 6.45) is -0.310. The predicted octanol–water partition coefficient (Wildman–Crippen LogP) is 5.40. The van der Waals surface area contributed by atoms with Crippen molar-refractivity contribution in [1.29, 1.82) is 0 Å². The van der Waals surface area contributed by atoms with E-state index in [2.05, 4.69) is 22.2 Å². The minimum atomic E-state index is -4.54. The summed E-state index contributed by atoms with van der Waals surface area (Å²) >= 11 is 0. The molecule has 1 heterocycles. The number of carbonyl (C=O) groups is 2. The summed E-state index contributed by atoms with van der Waals surface area (Å²) in [5.74, 6) is -0.575. The second kappa shape index (κ2) is 9.32. The van der Waals surface area contributed by atoms with E-state index in [0.29, 0.717) is 11.5 Å². The SMILES string of the molecule is C=CC(=O)N[C@H]1CC[C@@H](n2c(NC(=O)c3cccc(C(F)(F)F)c3)nc3cc(C)ccc32)CC1. The van der Waals surface area contributed by atoms with Crippen LogP contribution >= 0.6 is 0 Å². The van der Waals surface area contributed by atoms with Crippen LogP contribution in [0.1, 0.15) is 53.2 Å². The van der Waals surface area contributed by atoms with Crippen molar-refractivity contribution in [3.05, 3.63) is 71.8 Å². The van der Waals surface area contributed by atoms with Crippen molar-refractivity contribution in [1.82, 2.24) is 14.9 Å². The summed E-state index contributed by atoms with van der Waals surface area (Å²) in [4.78, 5) is 29.1. The number of rotatable bonds is 5. The molecule has 178 valence electrons. The molecule has 6 nitrogen and oxygen atoms in total. The largest absolute Gasteiger partial charge is 0.416 e. The number of hydrogen-bond acceptors (Lipinski definition) is 3. The summed E-state index contributed by atoms with van der Waals surface area (Å²) in [6, 6.07) is 10.2. The first-order chi connectivity index (χ1) is 16.2. The van der Waals surface area contributed by atoms with E-state index in [1.165, 1.54) is 18.2 Å². The zero-order chi connectivity index (χ0) is 24.5. The molecule has 4 rings (SSSR count). The highest BCUT2D eigenvalue weighted by Gasteiger charge is 2.31. The van der Waals surface area contributed by atoms with Crippen LogP contribution in [0.5, 0.6) is 0 Å². The van der Waals surface area contributed by atoms with Crippen molar-refractivity contribution >= 4 is 28.8 Å². The molecule has 0 atom stereocenters. The van der Waals surface area contributed by atoms with Gasteiger partial charge in [0.25, 0.3) is 5.91 Å². The molecule has 0 unspecified atom stereocenters. The van der Waals surface area contributed by atoms with Gasteiger partial charge in [0.05, 0.1) is 16.6 Å². The van der Waals surface area contributed by atoms with Gasteiger partial charge in [0.2, 0.25) is 11.9 Å². The molecule has 0 aliphatic heterocycles. The third-order valence-electron chi connectivity index (χ3n) is 6.12. The number of anilines is 1. The number of carbonyl (C=O) groups excluding carboxylic acids is 2. The Morgan fingerprint density at radius 3 is 2.53 bits per heavy atom. The standard InChI is InChI=1S/C25H25F3N4O2/c1-3-22(33)29-18-8-10-19(11-9-18)32-21-12-7-15(2)13-20(21)30-24(32)31-23(34)16-5-4-6-17(14-16)25(26,27)28/h3-7,12-14,18-19H,1,8-11H2,2H3,(H,29,33)(H,30,31,34)/t18-,19+. The number of hydrogen-bond donors (Lipinski definition) is 2. The van der Waals surface area contributed by atoms with E-state index in [-0.39, 0.29) is 23.6 Å². The maximum absolute atomic E-state index is 13.1. The number of nitrogens with one attached hydrogen (secondary N) is 2. The molecule has 1 aliphatic carbocycles. The lowest BCUT2D eigenvalue weighted by atomic mass is 9.90. The van der Waals surface area contributed by atoms with Crippen molar-refractivity contribution in [3.63, 3.8) is 0 Å². The summed E-state index contributed by atoms with van der Waals surface area (Å²) in [5.41, 5.74) is 1.55. The lowest BCUT2D eigenvalue weighted by Gasteiger charge is -2.31. The van der Waals surface area contributed by atoms with Crippen LogP contribution in [0.15, 0.2) is 55.1 Å². The summed E-state index contributed by atoms with van der Waals surface area (Å²) in [6.45, 7) is 5.42. The number of amides is 2. The maximum Gasteiger partial charge on any atom is 0.416 e. The molecule has 0 radical (unpaired) electrons. The molecule has 0 saturated heterocycles. The molecular weight excluding hydrogens is 445 g/mol. The molecule has 1 fully saturated rings. The molecule has 2 aromatic carbocycles. The van der Waals surface area contributed by atoms with Crippen LogP contribution in [0.25, 0.3) is 11.0 Å². The molecule has 34 heavy (non-hydrogen) atoms. The second-order valence-corrected chi connectivity index (χ2v) is 8.55. The van der Waals surface area contributed by atoms with Crippen LogP contribution in [-0.2, 0) is 11.0 Å². The highest BCUT2D eigenvalue weighted by Crippen LogP contribution is 2.35. The Bertz CT molecular complexity index is 1240. The monoisotopic (exact) mass is 470 g/mol. The van der Waals surface area contributed by atoms with Gasteiger partial charge >= 0.3 is 6.18 Å². The number of aryl methyl sites for hydroxylation is 1. The van der Waals surface area contributed by atoms with Gasteiger partial charge in [-0.25, -0.2) is 4.98 Å². The molecular formula is C25H25F3N4O2. The molecule has 2 amide bonds. The topological polar surface area (TPSA) is 76.0 Å². The smallest absolute Gasteiger partial charge is 0.350 e. The van der Waals surface area contributed by atoms with Crippen molar-refractivity contribution < 1.29 is 22.8 Å². The minimum Gasteiger partial charge on any atom is -0.350 e. The Morgan fingerprint density at radius 1 is 1.12 bits per heavy atom. The molecule has 1 aromatic heterocycles. The van der Waals surface area contributed by atoms with Crippen LogP contribution in [0.4, 0.5) is 19.1 Å². The van der Waals surface area contributed by atoms with E-state index in [1.54, 1.807) is 0 Å². The first-order valence-corrected chi connectivity index (χ1v) is 11.1. The Kier molecular flexibility index (Phi) is 6.45. The summed E-state index contributed by atoms with van der Waals surface area (Å²) < 4.78 is 41.2. The van der Waals surface area contributed by atoms with Crippen LogP contribution < -0.4 is 10.6 Å². The van der Waals surface area contributed by atoms with E-state index < -0.39 is 17.6 Å². The van der Waals surface area contributed by atoms with Crippen LogP contribution in [0, 0.1) is 6.92 Å². The highest BCUT2D eigenvalue weighted by molar-refractivity contribution is 6.04. The summed E-state index contributed by atoms with van der Waals surface area (Å²) in [7, 11) is 0. The first kappa shape index (κ1) is 23.5. The molecule has 1 aliphatic rings. The fourth-order valence-electron chi connectivity index (χ4n) is 4.42. The maximum atomic E-state index is 13.1. The Morgan fingerprint density at radius 2 is 1.85 bits per heavy atom. The van der Waals surface area contributed by atoms with Gasteiger partial charge < -0.3 is 9.88 Å². The number of halogens is 3. The van der Waals surface area contributed by atoms with Gasteiger partial charge in [-0.2, -0.15) is 13.2 Å². The van der Waals surface area contributed by atoms with E-state index in [9.17, 15) is 22.8 Å². The molecule has 0 bridgehead atoms. The minimum absolute atomic E-state index is 0.0152. The molecule has 9 heteroatoms. The van der Waals surface area contributed by atoms with Gasteiger partial charge in [-0.3, -0.25) is 14.9 Å². The second-order valence-electron chi connectivity index (χ2n) is 8.55. The van der Waals surface area contributed by atoms with Crippen molar-refractivity contribution in [3.8, 4) is 0 Å². The molecule has 3 aromatic rings. The van der Waals surface area contributed by atoms with Crippen LogP contribution in [0.2, 0.25) is 0 Å². The molecule has 1 saturated carbocycles. The summed E-state index contributed by atoms with van der Waals surface area (Å²) in [5, 5.41) is 5.65. The van der Waals surface area contributed by atoms with Gasteiger partial charge in [0.15, 0.2) is 0 Å². The molecule has 2 N–H and O–H groups in total. The Balaban J connectivity index is 1.62. The van der Waals surface area contributed by atoms with Crippen LogP contribution in [0.3, 0.4) is 0 Å². The van der Waals surface area contributed by atoms with E-state index in [1.807, 2.05) is 29.7 Å². The van der Waals surface area contributed by atoms with Gasteiger partial charge in [-0.15, -0.1) is 0 Å². The fraction of sp³-hybridized carbons (Fsp3) is 0.320. The molecule has 0 spiro atoms. The number of benzene rings is 2. The van der Waals surface area contributed by atoms with E-state index in [4.69, 9.17) is 0 Å². The van der Waals surface area contributed by atoms with Gasteiger partial charge in [-0.05, 0) is 74.6 Å². The van der Waals surface area contributed by atoms with Crippen molar-refractivity contribution in [2.24, 2.45) is 0 Å². The highest BCUT2D eigenvalue weighted by atomic mass is 19.4. The Hall–Kier alpha value is -3.62. The number of imidazole rings is 1. The lowest BCUT2D eigenvalue weighted by Crippen LogP contribution is -2.37. The number of nitrogens with zero attached hydrogens (tertiary/aromatic N) is 2. The van der Waals surface area contributed by atoms with Crippen molar-refractivity contribution in [2.75, 3.05) is 5.32 Å². The van der Waals surface area contributed by atoms with Crippen LogP contribution in [-0.4, -0.2) is 27.4 Å². The number of alkyl halides is 3. The average Bonchev–Trinajstić information content (AvgIpc) is 3.15. The zero-order valence-electron chi connectivity index (χ0n) is 18.7. The first-order valence-electron chi connectivity index (χ1n) is 11.1. The predicted molar refractivity (Wildman–Crippen MR) is 123 cm³/mol. The van der Waals surface area contributed by atoms with E-state index >= 15 is 0 Å². The normalized spacial score (nSPS) is 18.5. The van der Waals surface area contributed by atoms with E-state index in [0.717, 1.165) is 48.9 Å². The van der Waals surface area contributed by atoms with Gasteiger partial charge in [-0.1, -0.05) is 18.7 Å². The average molecular weight is 470 g/mol. The number of fused-ring (bicyclic) bond motifs is 1. The fourth-order valence-corrected chi connectivity index (χ4v) is 4.42. The lowest BCUT2D eigenvalue weighted by molar-refractivity contribution is -0.137. The third kappa shape index (κ3) is 4.98. The van der Waals surface area contributed by atoms with Gasteiger partial charge in [0, 0.05) is 17.6 Å². The third-order valence-corrected chi connectivity index (χ3v) is 6.12. The Labute approximate surface area is 194 Å². The van der Waals surface area contributed by atoms with Gasteiger partial charge in [0.1, 0.15) is 0 Å². The quantitative estimate of drug-likeness (QED) is 0.490.